The molecule has 0 atom stereocenters. The molecule has 1 saturated carbocycles. The van der Waals surface area contributed by atoms with Crippen LogP contribution in [0.1, 0.15) is 31.2 Å². The summed E-state index contributed by atoms with van der Waals surface area (Å²) >= 11 is 0. The van der Waals surface area contributed by atoms with Crippen LogP contribution in [0.2, 0.25) is 0 Å². The van der Waals surface area contributed by atoms with Crippen molar-refractivity contribution in [1.29, 1.82) is 0 Å². The second-order valence-corrected chi connectivity index (χ2v) is 7.69. The van der Waals surface area contributed by atoms with Gasteiger partial charge in [-0.05, 0) is 31.2 Å². The zero-order valence-electron chi connectivity index (χ0n) is 11.7. The van der Waals surface area contributed by atoms with E-state index in [-0.39, 0.29) is 22.7 Å². The first kappa shape index (κ1) is 15.6. The van der Waals surface area contributed by atoms with Gasteiger partial charge in [-0.1, -0.05) is 30.3 Å². The zero-order valence-corrected chi connectivity index (χ0v) is 12.5. The summed E-state index contributed by atoms with van der Waals surface area (Å²) in [5, 5.41) is -0.382. The smallest absolute Gasteiger partial charge is 0.323 e. The van der Waals surface area contributed by atoms with E-state index in [1.165, 1.54) is 0 Å². The second kappa shape index (κ2) is 6.78. The van der Waals surface area contributed by atoms with Gasteiger partial charge in [0.05, 0.1) is 11.0 Å². The van der Waals surface area contributed by atoms with Crippen LogP contribution in [0.4, 0.5) is 0 Å². The summed E-state index contributed by atoms with van der Waals surface area (Å²) in [5.41, 5.74) is 9.16. The lowest BCUT2D eigenvalue weighted by atomic mass is 9.86. The highest BCUT2D eigenvalue weighted by atomic mass is 32.2. The molecule has 2 rings (SSSR count). The van der Waals surface area contributed by atoms with E-state index in [9.17, 15) is 13.2 Å². The molecular weight excluding hydrogens is 288 g/mol. The van der Waals surface area contributed by atoms with E-state index in [0.29, 0.717) is 25.7 Å². The number of Topliss-reactive ketones (excluding diaryl/α,β-unsaturated/α-hetero) is 1. The van der Waals surface area contributed by atoms with Gasteiger partial charge >= 0.3 is 6.21 Å². The predicted octanol–water partition coefficient (Wildman–Crippen LogP) is 2.03. The minimum atomic E-state index is -3.19. The molecule has 1 aromatic rings. The highest BCUT2D eigenvalue weighted by Crippen LogP contribution is 2.30. The number of nitrogens with zero attached hydrogens (tertiary/aromatic N) is 2. The summed E-state index contributed by atoms with van der Waals surface area (Å²) in [4.78, 5) is 14.3. The average Bonchev–Trinajstić information content (AvgIpc) is 2.48. The van der Waals surface area contributed by atoms with Gasteiger partial charge in [0.15, 0.2) is 9.84 Å². The minimum absolute atomic E-state index is 0.0508. The number of rotatable bonds is 5. The summed E-state index contributed by atoms with van der Waals surface area (Å²) in [6, 6.07) is 9.13. The molecule has 1 aliphatic carbocycles. The van der Waals surface area contributed by atoms with Crippen LogP contribution in [0.3, 0.4) is 0 Å². The van der Waals surface area contributed by atoms with Gasteiger partial charge in [0.2, 0.25) is 5.78 Å². The van der Waals surface area contributed by atoms with Crippen molar-refractivity contribution in [2.24, 2.45) is 5.92 Å². The van der Waals surface area contributed by atoms with Crippen molar-refractivity contribution in [3.05, 3.63) is 41.4 Å². The highest BCUT2D eigenvalue weighted by Gasteiger charge is 2.33. The van der Waals surface area contributed by atoms with Gasteiger partial charge in [-0.3, -0.25) is 4.79 Å². The van der Waals surface area contributed by atoms with E-state index >= 15 is 0 Å². The summed E-state index contributed by atoms with van der Waals surface area (Å²) in [7, 11) is -3.19. The van der Waals surface area contributed by atoms with Crippen molar-refractivity contribution < 1.29 is 18.0 Å². The normalized spacial score (nSPS) is 22.3. The largest absolute Gasteiger partial charge is 0.361 e. The Balaban J connectivity index is 1.98. The molecular formula is C15H18N2O3S. The van der Waals surface area contributed by atoms with Gasteiger partial charge in [0.25, 0.3) is 0 Å². The Labute approximate surface area is 124 Å². The van der Waals surface area contributed by atoms with Crippen LogP contribution in [0, 0.1) is 5.92 Å². The Morgan fingerprint density at radius 1 is 1.19 bits per heavy atom. The molecule has 0 amide bonds. The fourth-order valence-corrected chi connectivity index (χ4v) is 4.68. The summed E-state index contributed by atoms with van der Waals surface area (Å²) in [5.74, 6) is -0.393. The van der Waals surface area contributed by atoms with E-state index in [1.807, 2.05) is 30.3 Å². The van der Waals surface area contributed by atoms with Crippen molar-refractivity contribution in [3.8, 4) is 0 Å². The maximum absolute atomic E-state index is 12.4. The standard InChI is InChI=1S/C15H18N2O3S/c16-17-10-15(18)13-6-8-14(9-7-13)21(19,20)11-12-4-2-1-3-5-12/h1-5,10,13-14H,6-9,11H2. The van der Waals surface area contributed by atoms with Crippen molar-refractivity contribution in [1.82, 2.24) is 0 Å². The number of hydrogen-bond donors (Lipinski definition) is 0. The Bertz CT molecular complexity index is 641. The van der Waals surface area contributed by atoms with E-state index in [0.717, 1.165) is 11.8 Å². The van der Waals surface area contributed by atoms with Crippen LogP contribution < -0.4 is 0 Å². The lowest BCUT2D eigenvalue weighted by Crippen LogP contribution is -2.31. The number of carbonyl (C=O) groups is 1. The highest BCUT2D eigenvalue weighted by molar-refractivity contribution is 7.91. The first-order valence-electron chi connectivity index (χ1n) is 6.99. The third-order valence-electron chi connectivity index (χ3n) is 3.98. The Kier molecular flexibility index (Phi) is 5.04. The number of sulfone groups is 1. The van der Waals surface area contributed by atoms with Gasteiger partial charge in [-0.2, -0.15) is 4.79 Å². The van der Waals surface area contributed by atoms with Crippen LogP contribution >= 0.6 is 0 Å². The quantitative estimate of drug-likeness (QED) is 0.473. The molecule has 1 aromatic carbocycles. The van der Waals surface area contributed by atoms with Crippen molar-refractivity contribution in [2.45, 2.75) is 36.7 Å². The number of benzene rings is 1. The third-order valence-corrected chi connectivity index (χ3v) is 6.20. The van der Waals surface area contributed by atoms with Crippen molar-refractivity contribution in [2.75, 3.05) is 0 Å². The molecule has 6 heteroatoms. The average molecular weight is 306 g/mol. The fraction of sp³-hybridized carbons (Fsp3) is 0.467. The Hall–Kier alpha value is -1.78. The van der Waals surface area contributed by atoms with E-state index in [4.69, 9.17) is 5.53 Å². The molecule has 112 valence electrons. The molecule has 21 heavy (non-hydrogen) atoms. The van der Waals surface area contributed by atoms with Crippen LogP contribution in [0.15, 0.2) is 30.3 Å². The molecule has 0 N–H and O–H groups in total. The predicted molar refractivity (Wildman–Crippen MR) is 79.5 cm³/mol. The first-order chi connectivity index (χ1) is 10.0. The lowest BCUT2D eigenvalue weighted by molar-refractivity contribution is -0.120. The Morgan fingerprint density at radius 2 is 1.81 bits per heavy atom. The van der Waals surface area contributed by atoms with Gasteiger partial charge in [0, 0.05) is 5.92 Å². The van der Waals surface area contributed by atoms with Gasteiger partial charge in [-0.25, -0.2) is 8.42 Å². The number of hydrogen-bond acceptors (Lipinski definition) is 3. The van der Waals surface area contributed by atoms with Gasteiger partial charge < -0.3 is 5.53 Å². The molecule has 0 saturated heterocycles. The van der Waals surface area contributed by atoms with Crippen LogP contribution in [0.25, 0.3) is 5.53 Å². The Morgan fingerprint density at radius 3 is 2.38 bits per heavy atom. The first-order valence-corrected chi connectivity index (χ1v) is 8.71. The summed E-state index contributed by atoms with van der Waals surface area (Å²) in [6.45, 7) is 0. The van der Waals surface area contributed by atoms with Gasteiger partial charge in [0.1, 0.15) is 0 Å². The van der Waals surface area contributed by atoms with Crippen molar-refractivity contribution in [3.63, 3.8) is 0 Å². The molecule has 0 unspecified atom stereocenters. The van der Waals surface area contributed by atoms with Gasteiger partial charge in [-0.15, -0.1) is 0 Å². The zero-order chi connectivity index (χ0) is 15.3. The summed E-state index contributed by atoms with van der Waals surface area (Å²) < 4.78 is 24.8. The molecule has 0 spiro atoms. The van der Waals surface area contributed by atoms with E-state index in [1.54, 1.807) is 0 Å². The second-order valence-electron chi connectivity index (χ2n) is 5.41. The summed E-state index contributed by atoms with van der Waals surface area (Å²) in [6.07, 6.45) is 2.95. The lowest BCUT2D eigenvalue weighted by Gasteiger charge is -2.26. The SMILES string of the molecule is [N-]=[N+]=CC(=O)C1CCC(S(=O)(=O)Cc2ccccc2)CC1. The van der Waals surface area contributed by atoms with E-state index in [2.05, 4.69) is 4.79 Å². The monoisotopic (exact) mass is 306 g/mol. The molecule has 0 radical (unpaired) electrons. The topological polar surface area (TPSA) is 87.6 Å². The number of ketones is 1. The number of carbonyl (C=O) groups excluding carboxylic acids is 1. The van der Waals surface area contributed by atoms with Crippen LogP contribution in [0.5, 0.6) is 0 Å². The molecule has 0 heterocycles. The fourth-order valence-electron chi connectivity index (χ4n) is 2.79. The molecule has 0 bridgehead atoms. The maximum atomic E-state index is 12.4. The third kappa shape index (κ3) is 4.09. The van der Waals surface area contributed by atoms with E-state index < -0.39 is 9.84 Å². The van der Waals surface area contributed by atoms with Crippen molar-refractivity contribution >= 4 is 21.8 Å². The molecule has 0 aliphatic heterocycles. The maximum Gasteiger partial charge on any atom is 0.323 e. The minimum Gasteiger partial charge on any atom is -0.361 e. The molecule has 1 fully saturated rings. The van der Waals surface area contributed by atoms with Crippen LogP contribution in [-0.2, 0) is 20.4 Å². The molecule has 1 aliphatic rings. The molecule has 0 aromatic heterocycles. The van der Waals surface area contributed by atoms with Crippen LogP contribution in [-0.4, -0.2) is 30.5 Å². The molecule has 5 nitrogen and oxygen atoms in total.